The average Bonchev–Trinajstić information content (AvgIpc) is 3.07. The molecule has 0 aliphatic heterocycles. The summed E-state index contributed by atoms with van der Waals surface area (Å²) in [7, 11) is 1.57. The second-order valence-electron chi connectivity index (χ2n) is 5.22. The first kappa shape index (κ1) is 16.3. The molecule has 25 heavy (non-hydrogen) atoms. The third-order valence-corrected chi connectivity index (χ3v) is 3.53. The Morgan fingerprint density at radius 3 is 2.76 bits per heavy atom. The standard InChI is InChI=1S/C19H15N3O3/c1-24-17-7-5-14(6-8-17)10-15(11-20)19(23)25-13-16-12-22-9-3-2-4-18(22)21-16/h2-10,12H,13H2,1H3/b15-10+. The van der Waals surface area contributed by atoms with Crippen LogP contribution in [0, 0.1) is 11.3 Å². The van der Waals surface area contributed by atoms with Crippen LogP contribution in [0.2, 0.25) is 0 Å². The fourth-order valence-corrected chi connectivity index (χ4v) is 2.28. The van der Waals surface area contributed by atoms with Gasteiger partial charge in [0.05, 0.1) is 12.8 Å². The number of pyridine rings is 1. The first-order valence-electron chi connectivity index (χ1n) is 7.55. The Morgan fingerprint density at radius 1 is 1.28 bits per heavy atom. The number of hydrogen-bond donors (Lipinski definition) is 0. The number of hydrogen-bond acceptors (Lipinski definition) is 5. The lowest BCUT2D eigenvalue weighted by molar-refractivity contribution is -0.139. The highest BCUT2D eigenvalue weighted by Crippen LogP contribution is 2.15. The van der Waals surface area contributed by atoms with E-state index in [2.05, 4.69) is 4.98 Å². The van der Waals surface area contributed by atoms with E-state index < -0.39 is 5.97 Å². The maximum absolute atomic E-state index is 12.1. The van der Waals surface area contributed by atoms with Crippen molar-refractivity contribution in [3.05, 3.63) is 71.7 Å². The van der Waals surface area contributed by atoms with Crippen LogP contribution in [0.25, 0.3) is 11.7 Å². The maximum Gasteiger partial charge on any atom is 0.349 e. The molecule has 0 N–H and O–H groups in total. The molecule has 3 rings (SSSR count). The quantitative estimate of drug-likeness (QED) is 0.407. The molecule has 2 aromatic heterocycles. The van der Waals surface area contributed by atoms with E-state index in [-0.39, 0.29) is 12.2 Å². The fraction of sp³-hybridized carbons (Fsp3) is 0.105. The van der Waals surface area contributed by atoms with Crippen molar-refractivity contribution in [2.24, 2.45) is 0 Å². The van der Waals surface area contributed by atoms with Gasteiger partial charge in [-0.15, -0.1) is 0 Å². The summed E-state index contributed by atoms with van der Waals surface area (Å²) in [5, 5.41) is 9.21. The number of rotatable bonds is 5. The predicted molar refractivity (Wildman–Crippen MR) is 91.6 cm³/mol. The molecule has 0 amide bonds. The largest absolute Gasteiger partial charge is 0.497 e. The number of aromatic nitrogens is 2. The molecule has 0 aliphatic carbocycles. The molecular formula is C19H15N3O3. The van der Waals surface area contributed by atoms with Crippen LogP contribution in [-0.2, 0) is 16.1 Å². The van der Waals surface area contributed by atoms with Gasteiger partial charge in [0.2, 0.25) is 0 Å². The molecule has 0 atom stereocenters. The van der Waals surface area contributed by atoms with Crippen molar-refractivity contribution in [2.45, 2.75) is 6.61 Å². The second kappa shape index (κ2) is 7.32. The van der Waals surface area contributed by atoms with Gasteiger partial charge in [0.15, 0.2) is 0 Å². The molecule has 6 nitrogen and oxygen atoms in total. The highest BCUT2D eigenvalue weighted by molar-refractivity contribution is 5.97. The first-order chi connectivity index (χ1) is 12.2. The molecule has 0 bridgehead atoms. The third kappa shape index (κ3) is 3.85. The van der Waals surface area contributed by atoms with Gasteiger partial charge in [0.25, 0.3) is 0 Å². The fourth-order valence-electron chi connectivity index (χ4n) is 2.28. The van der Waals surface area contributed by atoms with Crippen molar-refractivity contribution < 1.29 is 14.3 Å². The number of ether oxygens (including phenoxy) is 2. The number of esters is 1. The molecule has 0 unspecified atom stereocenters. The molecule has 0 saturated carbocycles. The Morgan fingerprint density at radius 2 is 2.08 bits per heavy atom. The number of imidazole rings is 1. The van der Waals surface area contributed by atoms with E-state index in [4.69, 9.17) is 9.47 Å². The second-order valence-corrected chi connectivity index (χ2v) is 5.22. The number of carbonyl (C=O) groups is 1. The summed E-state index contributed by atoms with van der Waals surface area (Å²) in [6.45, 7) is 0.00213. The molecule has 0 aliphatic rings. The minimum Gasteiger partial charge on any atom is -0.497 e. The van der Waals surface area contributed by atoms with E-state index in [0.717, 1.165) is 5.65 Å². The number of nitrogens with zero attached hydrogens (tertiary/aromatic N) is 3. The number of nitriles is 1. The van der Waals surface area contributed by atoms with Crippen LogP contribution in [0.4, 0.5) is 0 Å². The Hall–Kier alpha value is -3.59. The highest BCUT2D eigenvalue weighted by atomic mass is 16.5. The summed E-state index contributed by atoms with van der Waals surface area (Å²) in [6.07, 6.45) is 5.12. The van der Waals surface area contributed by atoms with Crippen LogP contribution in [0.3, 0.4) is 0 Å². The van der Waals surface area contributed by atoms with Gasteiger partial charge in [-0.1, -0.05) is 18.2 Å². The van der Waals surface area contributed by atoms with Crippen LogP contribution < -0.4 is 4.74 Å². The molecule has 0 saturated heterocycles. The smallest absolute Gasteiger partial charge is 0.349 e. The van der Waals surface area contributed by atoms with Gasteiger partial charge >= 0.3 is 5.97 Å². The molecule has 0 spiro atoms. The number of carbonyl (C=O) groups excluding carboxylic acids is 1. The summed E-state index contributed by atoms with van der Waals surface area (Å²) >= 11 is 0. The van der Waals surface area contributed by atoms with E-state index in [1.807, 2.05) is 34.9 Å². The summed E-state index contributed by atoms with van der Waals surface area (Å²) in [4.78, 5) is 16.5. The van der Waals surface area contributed by atoms with Crippen LogP contribution in [0.1, 0.15) is 11.3 Å². The van der Waals surface area contributed by atoms with Gasteiger partial charge in [-0.05, 0) is 35.9 Å². The van der Waals surface area contributed by atoms with E-state index in [1.54, 1.807) is 37.6 Å². The predicted octanol–water partition coefficient (Wildman–Crippen LogP) is 2.99. The molecule has 0 fully saturated rings. The zero-order valence-corrected chi connectivity index (χ0v) is 13.5. The number of fused-ring (bicyclic) bond motifs is 1. The van der Waals surface area contributed by atoms with Gasteiger partial charge in [0, 0.05) is 12.4 Å². The van der Waals surface area contributed by atoms with Crippen LogP contribution in [0.15, 0.2) is 60.4 Å². The monoisotopic (exact) mass is 333 g/mol. The van der Waals surface area contributed by atoms with Crippen LogP contribution >= 0.6 is 0 Å². The van der Waals surface area contributed by atoms with Crippen molar-refractivity contribution in [1.82, 2.24) is 9.38 Å². The minimum absolute atomic E-state index is 0.00213. The Balaban J connectivity index is 1.69. The van der Waals surface area contributed by atoms with Gasteiger partial charge < -0.3 is 13.9 Å². The lowest BCUT2D eigenvalue weighted by atomic mass is 10.1. The number of benzene rings is 1. The molecular weight excluding hydrogens is 318 g/mol. The zero-order valence-electron chi connectivity index (χ0n) is 13.5. The van der Waals surface area contributed by atoms with Crippen molar-refractivity contribution >= 4 is 17.7 Å². The summed E-state index contributed by atoms with van der Waals surface area (Å²) in [5.41, 5.74) is 2.01. The SMILES string of the molecule is COc1ccc(/C=C(\C#N)C(=O)OCc2cn3ccccc3n2)cc1. The molecule has 6 heteroatoms. The Bertz CT molecular complexity index is 932. The van der Waals surface area contributed by atoms with E-state index >= 15 is 0 Å². The van der Waals surface area contributed by atoms with E-state index in [0.29, 0.717) is 17.0 Å². The lowest BCUT2D eigenvalue weighted by Crippen LogP contribution is -2.07. The van der Waals surface area contributed by atoms with E-state index in [9.17, 15) is 10.1 Å². The Kier molecular flexibility index (Phi) is 4.77. The third-order valence-electron chi connectivity index (χ3n) is 3.53. The first-order valence-corrected chi connectivity index (χ1v) is 7.55. The minimum atomic E-state index is -0.685. The van der Waals surface area contributed by atoms with Gasteiger partial charge in [-0.3, -0.25) is 0 Å². The van der Waals surface area contributed by atoms with Gasteiger partial charge in [0.1, 0.15) is 29.6 Å². The van der Waals surface area contributed by atoms with Crippen LogP contribution in [0.5, 0.6) is 5.75 Å². The van der Waals surface area contributed by atoms with Crippen molar-refractivity contribution in [2.75, 3.05) is 7.11 Å². The lowest BCUT2D eigenvalue weighted by Gasteiger charge is -2.02. The summed E-state index contributed by atoms with van der Waals surface area (Å²) < 4.78 is 12.1. The van der Waals surface area contributed by atoms with Crippen molar-refractivity contribution in [1.29, 1.82) is 5.26 Å². The summed E-state index contributed by atoms with van der Waals surface area (Å²) in [6, 6.07) is 14.5. The number of methoxy groups -OCH3 is 1. The molecule has 0 radical (unpaired) electrons. The zero-order chi connectivity index (χ0) is 17.6. The average molecular weight is 333 g/mol. The molecule has 124 valence electrons. The maximum atomic E-state index is 12.1. The Labute approximate surface area is 144 Å². The van der Waals surface area contributed by atoms with Crippen LogP contribution in [-0.4, -0.2) is 22.5 Å². The van der Waals surface area contributed by atoms with Gasteiger partial charge in [-0.25, -0.2) is 9.78 Å². The van der Waals surface area contributed by atoms with Crippen molar-refractivity contribution in [3.63, 3.8) is 0 Å². The highest BCUT2D eigenvalue weighted by Gasteiger charge is 2.12. The molecule has 2 heterocycles. The van der Waals surface area contributed by atoms with Gasteiger partial charge in [-0.2, -0.15) is 5.26 Å². The summed E-state index contributed by atoms with van der Waals surface area (Å²) in [5.74, 6) is 0.0143. The molecule has 1 aromatic carbocycles. The normalized spacial score (nSPS) is 11.1. The molecule has 3 aromatic rings. The van der Waals surface area contributed by atoms with Crippen molar-refractivity contribution in [3.8, 4) is 11.8 Å². The van der Waals surface area contributed by atoms with E-state index in [1.165, 1.54) is 6.08 Å². The topological polar surface area (TPSA) is 76.6 Å².